The highest BCUT2D eigenvalue weighted by Gasteiger charge is 2.09. The molecule has 0 fully saturated rings. The minimum Gasteiger partial charge on any atom is -0.349 e. The second-order valence-electron chi connectivity index (χ2n) is 4.94. The molecule has 1 aromatic carbocycles. The molecule has 0 unspecified atom stereocenters. The van der Waals surface area contributed by atoms with E-state index in [-0.39, 0.29) is 6.04 Å². The van der Waals surface area contributed by atoms with Gasteiger partial charge in [0.05, 0.1) is 0 Å². The first-order chi connectivity index (χ1) is 10.1. The average Bonchev–Trinajstić information content (AvgIpc) is 2.95. The number of rotatable bonds is 7. The molecule has 0 bridgehead atoms. The molecule has 0 aliphatic heterocycles. The monoisotopic (exact) mass is 323 g/mol. The maximum absolute atomic E-state index is 6.03. The van der Waals surface area contributed by atoms with Crippen molar-refractivity contribution in [2.24, 2.45) is 0 Å². The molecule has 0 radical (unpaired) electrons. The summed E-state index contributed by atoms with van der Waals surface area (Å²) in [6, 6.07) is 8.26. The van der Waals surface area contributed by atoms with Crippen molar-refractivity contribution in [2.75, 3.05) is 18.0 Å². The summed E-state index contributed by atoms with van der Waals surface area (Å²) in [7, 11) is 0. The van der Waals surface area contributed by atoms with Crippen LogP contribution in [-0.4, -0.2) is 18.1 Å². The first-order valence-corrected chi connectivity index (χ1v) is 8.52. The Balaban J connectivity index is 1.94. The smallest absolute Gasteiger partial charge is 0.185 e. The van der Waals surface area contributed by atoms with Gasteiger partial charge < -0.3 is 10.2 Å². The van der Waals surface area contributed by atoms with E-state index < -0.39 is 0 Å². The van der Waals surface area contributed by atoms with Gasteiger partial charge in [-0.1, -0.05) is 23.7 Å². The van der Waals surface area contributed by atoms with E-state index in [1.807, 2.05) is 24.4 Å². The highest BCUT2D eigenvalue weighted by Crippen LogP contribution is 2.23. The Kier molecular flexibility index (Phi) is 6.03. The molecule has 0 aliphatic carbocycles. The molecule has 21 heavy (non-hydrogen) atoms. The van der Waals surface area contributed by atoms with Crippen LogP contribution in [0.15, 0.2) is 30.5 Å². The largest absolute Gasteiger partial charge is 0.349 e. The normalized spacial score (nSPS) is 12.4. The summed E-state index contributed by atoms with van der Waals surface area (Å²) < 4.78 is 0. The van der Waals surface area contributed by atoms with Gasteiger partial charge in [-0.05, 0) is 38.5 Å². The number of nitrogens with one attached hydrogen (secondary N) is 1. The second-order valence-corrected chi connectivity index (χ2v) is 6.47. The van der Waals surface area contributed by atoms with Crippen LogP contribution in [0.3, 0.4) is 0 Å². The van der Waals surface area contributed by atoms with Crippen LogP contribution < -0.4 is 10.2 Å². The van der Waals surface area contributed by atoms with Gasteiger partial charge in [0.25, 0.3) is 0 Å². The first-order valence-electron chi connectivity index (χ1n) is 7.32. The number of hydrogen-bond acceptors (Lipinski definition) is 4. The van der Waals surface area contributed by atoms with Crippen LogP contribution in [0.2, 0.25) is 5.02 Å². The average molecular weight is 324 g/mol. The Morgan fingerprint density at radius 2 is 2.10 bits per heavy atom. The number of benzene rings is 1. The number of halogens is 1. The van der Waals surface area contributed by atoms with Gasteiger partial charge in [-0.15, -0.1) is 11.3 Å². The maximum atomic E-state index is 6.03. The van der Waals surface area contributed by atoms with Crippen molar-refractivity contribution in [1.29, 1.82) is 0 Å². The van der Waals surface area contributed by atoms with E-state index in [1.165, 1.54) is 10.4 Å². The van der Waals surface area contributed by atoms with Crippen molar-refractivity contribution in [1.82, 2.24) is 10.3 Å². The summed E-state index contributed by atoms with van der Waals surface area (Å²) in [4.78, 5) is 8.03. The Hall–Kier alpha value is -1.10. The fourth-order valence-corrected chi connectivity index (χ4v) is 3.35. The Labute approximate surface area is 136 Å². The molecule has 0 aliphatic rings. The van der Waals surface area contributed by atoms with Crippen LogP contribution in [0.4, 0.5) is 5.13 Å². The van der Waals surface area contributed by atoms with E-state index in [0.29, 0.717) is 0 Å². The molecule has 3 nitrogen and oxygen atoms in total. The van der Waals surface area contributed by atoms with Gasteiger partial charge in [0.2, 0.25) is 0 Å². The lowest BCUT2D eigenvalue weighted by Crippen LogP contribution is -2.21. The molecule has 1 atom stereocenters. The molecule has 0 saturated heterocycles. The van der Waals surface area contributed by atoms with E-state index in [1.54, 1.807) is 11.3 Å². The van der Waals surface area contributed by atoms with E-state index >= 15 is 0 Å². The van der Waals surface area contributed by atoms with Crippen molar-refractivity contribution in [2.45, 2.75) is 33.4 Å². The van der Waals surface area contributed by atoms with Gasteiger partial charge in [0, 0.05) is 41.8 Å². The molecule has 114 valence electrons. The Morgan fingerprint density at radius 1 is 1.33 bits per heavy atom. The molecular formula is C16H22ClN3S. The molecule has 1 aromatic heterocycles. The zero-order valence-electron chi connectivity index (χ0n) is 12.8. The van der Waals surface area contributed by atoms with Crippen molar-refractivity contribution in [3.63, 3.8) is 0 Å². The lowest BCUT2D eigenvalue weighted by molar-refractivity contribution is 0.578. The molecule has 1 heterocycles. The molecule has 2 aromatic rings. The van der Waals surface area contributed by atoms with Gasteiger partial charge in [-0.3, -0.25) is 0 Å². The molecule has 0 amide bonds. The summed E-state index contributed by atoms with van der Waals surface area (Å²) in [5.41, 5.74) is 1.20. The summed E-state index contributed by atoms with van der Waals surface area (Å²) in [6.45, 7) is 9.28. The predicted molar refractivity (Wildman–Crippen MR) is 92.4 cm³/mol. The zero-order chi connectivity index (χ0) is 15.2. The SMILES string of the molecule is CCN(CC)c1ncc(CN[C@H](C)c2cccc(Cl)c2)s1. The summed E-state index contributed by atoms with van der Waals surface area (Å²) in [5, 5.41) is 5.41. The lowest BCUT2D eigenvalue weighted by atomic mass is 10.1. The van der Waals surface area contributed by atoms with Crippen molar-refractivity contribution in [3.8, 4) is 0 Å². The van der Waals surface area contributed by atoms with E-state index in [2.05, 4.69) is 42.0 Å². The van der Waals surface area contributed by atoms with E-state index in [4.69, 9.17) is 11.6 Å². The highest BCUT2D eigenvalue weighted by atomic mass is 35.5. The molecule has 5 heteroatoms. The Morgan fingerprint density at radius 3 is 2.76 bits per heavy atom. The lowest BCUT2D eigenvalue weighted by Gasteiger charge is -2.16. The fourth-order valence-electron chi connectivity index (χ4n) is 2.17. The van der Waals surface area contributed by atoms with Crippen LogP contribution in [-0.2, 0) is 6.54 Å². The van der Waals surface area contributed by atoms with Gasteiger partial charge >= 0.3 is 0 Å². The van der Waals surface area contributed by atoms with Crippen molar-refractivity contribution < 1.29 is 0 Å². The standard InChI is InChI=1S/C16H22ClN3S/c1-4-20(5-2)16-19-11-15(21-16)10-18-12(3)13-7-6-8-14(17)9-13/h6-9,11-12,18H,4-5,10H2,1-3H3/t12-/m1/s1. The minimum absolute atomic E-state index is 0.266. The third-order valence-electron chi connectivity index (χ3n) is 3.51. The van der Waals surface area contributed by atoms with Crippen LogP contribution in [0.1, 0.15) is 37.3 Å². The summed E-state index contributed by atoms with van der Waals surface area (Å²) in [6.07, 6.45) is 1.97. The molecule has 2 rings (SSSR count). The zero-order valence-corrected chi connectivity index (χ0v) is 14.3. The van der Waals surface area contributed by atoms with Crippen LogP contribution in [0.25, 0.3) is 0 Å². The fraction of sp³-hybridized carbons (Fsp3) is 0.438. The topological polar surface area (TPSA) is 28.2 Å². The second kappa shape index (κ2) is 7.78. The minimum atomic E-state index is 0.266. The third-order valence-corrected chi connectivity index (χ3v) is 4.80. The Bertz CT molecular complexity index is 566. The van der Waals surface area contributed by atoms with Gasteiger partial charge in [0.15, 0.2) is 5.13 Å². The van der Waals surface area contributed by atoms with Crippen LogP contribution in [0.5, 0.6) is 0 Å². The number of anilines is 1. The van der Waals surface area contributed by atoms with Gasteiger partial charge in [0.1, 0.15) is 0 Å². The van der Waals surface area contributed by atoms with Gasteiger partial charge in [-0.25, -0.2) is 4.98 Å². The highest BCUT2D eigenvalue weighted by molar-refractivity contribution is 7.15. The predicted octanol–water partition coefficient (Wildman–Crippen LogP) is 4.49. The van der Waals surface area contributed by atoms with E-state index in [0.717, 1.165) is 29.8 Å². The van der Waals surface area contributed by atoms with Crippen molar-refractivity contribution in [3.05, 3.63) is 45.9 Å². The quantitative estimate of drug-likeness (QED) is 0.813. The third kappa shape index (κ3) is 4.43. The summed E-state index contributed by atoms with van der Waals surface area (Å²) in [5.74, 6) is 0. The van der Waals surface area contributed by atoms with E-state index in [9.17, 15) is 0 Å². The number of nitrogens with zero attached hydrogens (tertiary/aromatic N) is 2. The van der Waals surface area contributed by atoms with Crippen molar-refractivity contribution >= 4 is 28.1 Å². The molecule has 0 spiro atoms. The van der Waals surface area contributed by atoms with Crippen LogP contribution >= 0.6 is 22.9 Å². The molecule has 1 N–H and O–H groups in total. The number of aromatic nitrogens is 1. The number of hydrogen-bond donors (Lipinski definition) is 1. The maximum Gasteiger partial charge on any atom is 0.185 e. The van der Waals surface area contributed by atoms with Crippen LogP contribution in [0, 0.1) is 0 Å². The molecular weight excluding hydrogens is 302 g/mol. The first kappa shape index (κ1) is 16.3. The summed E-state index contributed by atoms with van der Waals surface area (Å²) >= 11 is 7.79. The van der Waals surface area contributed by atoms with Gasteiger partial charge in [-0.2, -0.15) is 0 Å². The number of thiazole rings is 1. The molecule has 0 saturated carbocycles.